The average Bonchev–Trinajstić information content (AvgIpc) is 3.09. The fraction of sp³-hybridized carbons (Fsp3) is 0.556. The van der Waals surface area contributed by atoms with E-state index >= 15 is 0 Å². The number of rotatable bonds is 3. The molecule has 0 aromatic carbocycles. The molecule has 2 fully saturated rings. The van der Waals surface area contributed by atoms with E-state index in [0.717, 1.165) is 56.8 Å². The van der Waals surface area contributed by atoms with Crippen LogP contribution in [0.4, 0.5) is 5.69 Å². The number of amides is 1. The first-order valence-corrected chi connectivity index (χ1v) is 9.03. The first-order valence-electron chi connectivity index (χ1n) is 9.03. The number of aryl methyl sites for hydroxylation is 1. The van der Waals surface area contributed by atoms with E-state index in [1.165, 1.54) is 0 Å². The zero-order chi connectivity index (χ0) is 17.2. The van der Waals surface area contributed by atoms with E-state index in [0.29, 0.717) is 5.92 Å². The predicted octanol–water partition coefficient (Wildman–Crippen LogP) is 1.59. The number of anilines is 1. The van der Waals surface area contributed by atoms with Crippen molar-refractivity contribution in [1.29, 1.82) is 0 Å². The molecule has 7 nitrogen and oxygen atoms in total. The van der Waals surface area contributed by atoms with Gasteiger partial charge in [-0.2, -0.15) is 5.10 Å². The first-order chi connectivity index (χ1) is 12.2. The first kappa shape index (κ1) is 16.2. The van der Waals surface area contributed by atoms with Crippen molar-refractivity contribution in [2.45, 2.75) is 37.6 Å². The Morgan fingerprint density at radius 3 is 2.52 bits per heavy atom. The van der Waals surface area contributed by atoms with Crippen LogP contribution in [0.5, 0.6) is 0 Å². The summed E-state index contributed by atoms with van der Waals surface area (Å²) >= 11 is 0. The molecule has 2 aliphatic rings. The number of carbonyl (C=O) groups is 1. The van der Waals surface area contributed by atoms with E-state index in [1.807, 2.05) is 36.6 Å². The summed E-state index contributed by atoms with van der Waals surface area (Å²) in [6.45, 7) is 2.65. The third-order valence-corrected chi connectivity index (χ3v) is 5.33. The second-order valence-electron chi connectivity index (χ2n) is 6.94. The molecule has 0 bridgehead atoms. The Kier molecular flexibility index (Phi) is 4.48. The van der Waals surface area contributed by atoms with Crippen LogP contribution in [0.15, 0.2) is 30.9 Å². The minimum absolute atomic E-state index is 0.00778. The molecule has 0 radical (unpaired) electrons. The van der Waals surface area contributed by atoms with Crippen molar-refractivity contribution >= 4 is 11.6 Å². The van der Waals surface area contributed by atoms with Gasteiger partial charge in [0.25, 0.3) is 0 Å². The number of piperidine rings is 2. The number of hydrogen-bond acceptors (Lipinski definition) is 5. The van der Waals surface area contributed by atoms with Crippen LogP contribution in [-0.2, 0) is 11.8 Å². The monoisotopic (exact) mass is 340 g/mol. The summed E-state index contributed by atoms with van der Waals surface area (Å²) in [5.74, 6) is 1.56. The lowest BCUT2D eigenvalue weighted by atomic mass is 9.93. The molecule has 2 aromatic heterocycles. The Balaban J connectivity index is 1.41. The third kappa shape index (κ3) is 3.28. The van der Waals surface area contributed by atoms with Gasteiger partial charge in [-0.1, -0.05) is 0 Å². The molecule has 0 N–H and O–H groups in total. The van der Waals surface area contributed by atoms with Crippen LogP contribution in [0.1, 0.15) is 37.4 Å². The topological polar surface area (TPSA) is 67.2 Å². The second-order valence-corrected chi connectivity index (χ2v) is 6.94. The van der Waals surface area contributed by atoms with Gasteiger partial charge in [0, 0.05) is 38.1 Å². The zero-order valence-corrected chi connectivity index (χ0v) is 14.6. The largest absolute Gasteiger partial charge is 0.308 e. The van der Waals surface area contributed by atoms with Crippen molar-refractivity contribution in [3.8, 4) is 0 Å². The summed E-state index contributed by atoms with van der Waals surface area (Å²) in [5, 5.41) is 4.20. The van der Waals surface area contributed by atoms with Crippen molar-refractivity contribution in [2.75, 3.05) is 24.5 Å². The van der Waals surface area contributed by atoms with Crippen LogP contribution >= 0.6 is 0 Å². The summed E-state index contributed by atoms with van der Waals surface area (Å²) < 4.78 is 1.75. The molecule has 2 aliphatic heterocycles. The van der Waals surface area contributed by atoms with Gasteiger partial charge in [-0.05, 0) is 44.8 Å². The minimum Gasteiger partial charge on any atom is -0.308 e. The molecule has 2 aromatic rings. The smallest absolute Gasteiger partial charge is 0.244 e. The van der Waals surface area contributed by atoms with Crippen LogP contribution in [0.2, 0.25) is 0 Å². The molecule has 1 atom stereocenters. The summed E-state index contributed by atoms with van der Waals surface area (Å²) in [5.41, 5.74) is 0.907. The molecule has 0 aliphatic carbocycles. The molecular formula is C18H24N6O. The highest BCUT2D eigenvalue weighted by atomic mass is 16.2. The second kappa shape index (κ2) is 6.92. The van der Waals surface area contributed by atoms with Crippen molar-refractivity contribution < 1.29 is 4.79 Å². The van der Waals surface area contributed by atoms with Gasteiger partial charge in [-0.15, -0.1) is 0 Å². The van der Waals surface area contributed by atoms with Crippen LogP contribution in [0.3, 0.4) is 0 Å². The van der Waals surface area contributed by atoms with E-state index in [9.17, 15) is 4.79 Å². The lowest BCUT2D eigenvalue weighted by Gasteiger charge is -2.41. The molecule has 1 amide bonds. The zero-order valence-electron chi connectivity index (χ0n) is 14.6. The van der Waals surface area contributed by atoms with Crippen LogP contribution < -0.4 is 4.90 Å². The van der Waals surface area contributed by atoms with Crippen LogP contribution in [-0.4, -0.2) is 56.2 Å². The van der Waals surface area contributed by atoms with E-state index in [-0.39, 0.29) is 11.9 Å². The third-order valence-electron chi connectivity index (χ3n) is 5.33. The Morgan fingerprint density at radius 1 is 1.08 bits per heavy atom. The van der Waals surface area contributed by atoms with Crippen LogP contribution in [0.25, 0.3) is 0 Å². The van der Waals surface area contributed by atoms with Crippen molar-refractivity contribution in [1.82, 2.24) is 24.6 Å². The molecule has 0 saturated carbocycles. The number of hydrogen-bond donors (Lipinski definition) is 0. The number of carbonyl (C=O) groups excluding carboxylic acids is 1. The lowest BCUT2D eigenvalue weighted by molar-refractivity contribution is -0.125. The number of nitrogens with zero attached hydrogens (tertiary/aromatic N) is 6. The maximum atomic E-state index is 13.0. The molecule has 25 heavy (non-hydrogen) atoms. The van der Waals surface area contributed by atoms with Gasteiger partial charge in [0.2, 0.25) is 5.91 Å². The van der Waals surface area contributed by atoms with Gasteiger partial charge in [0.05, 0.1) is 17.9 Å². The Hall–Kier alpha value is -2.28. The molecule has 132 valence electrons. The summed E-state index contributed by atoms with van der Waals surface area (Å²) in [7, 11) is 1.88. The minimum atomic E-state index is -0.00778. The molecular weight excluding hydrogens is 316 g/mol. The van der Waals surface area contributed by atoms with Gasteiger partial charge in [-0.25, -0.2) is 9.97 Å². The Labute approximate surface area is 147 Å². The molecule has 1 unspecified atom stereocenters. The number of likely N-dealkylation sites (tertiary alicyclic amines) is 1. The SMILES string of the molecule is Cn1cc(N2CCCC(N3CCC(c4ncccn4)CC3)C2=O)cn1. The van der Waals surface area contributed by atoms with Gasteiger partial charge in [0.1, 0.15) is 5.82 Å². The standard InChI is InChI=1S/C18H24N6O/c1-22-13-15(12-21-22)24-9-2-4-16(18(24)25)23-10-5-14(6-11-23)17-19-7-3-8-20-17/h3,7-8,12-14,16H,2,4-6,9-11H2,1H3. The van der Waals surface area contributed by atoms with Crippen molar-refractivity contribution in [3.63, 3.8) is 0 Å². The molecule has 7 heteroatoms. The van der Waals surface area contributed by atoms with E-state index in [1.54, 1.807) is 10.9 Å². The average molecular weight is 340 g/mol. The highest BCUT2D eigenvalue weighted by Crippen LogP contribution is 2.30. The normalized spacial score (nSPS) is 23.2. The van der Waals surface area contributed by atoms with E-state index < -0.39 is 0 Å². The Morgan fingerprint density at radius 2 is 1.84 bits per heavy atom. The molecule has 2 saturated heterocycles. The van der Waals surface area contributed by atoms with Gasteiger partial charge >= 0.3 is 0 Å². The van der Waals surface area contributed by atoms with Crippen molar-refractivity contribution in [2.24, 2.45) is 7.05 Å². The van der Waals surface area contributed by atoms with Crippen LogP contribution in [0, 0.1) is 0 Å². The summed E-state index contributed by atoms with van der Waals surface area (Å²) in [4.78, 5) is 26.0. The summed E-state index contributed by atoms with van der Waals surface area (Å²) in [6.07, 6.45) is 11.3. The Bertz CT molecular complexity index is 722. The molecule has 4 rings (SSSR count). The van der Waals surface area contributed by atoms with Crippen molar-refractivity contribution in [3.05, 3.63) is 36.7 Å². The van der Waals surface area contributed by atoms with E-state index in [2.05, 4.69) is 20.0 Å². The molecule has 4 heterocycles. The van der Waals surface area contributed by atoms with Gasteiger partial charge in [0.15, 0.2) is 0 Å². The summed E-state index contributed by atoms with van der Waals surface area (Å²) in [6, 6.07) is 1.85. The van der Waals surface area contributed by atoms with E-state index in [4.69, 9.17) is 0 Å². The molecule has 0 spiro atoms. The van der Waals surface area contributed by atoms with Gasteiger partial charge < -0.3 is 4.90 Å². The highest BCUT2D eigenvalue weighted by Gasteiger charge is 2.36. The lowest BCUT2D eigenvalue weighted by Crippen LogP contribution is -2.54. The number of aromatic nitrogens is 4. The fourth-order valence-corrected chi connectivity index (χ4v) is 3.99. The fourth-order valence-electron chi connectivity index (χ4n) is 3.99. The van der Waals surface area contributed by atoms with Gasteiger partial charge in [-0.3, -0.25) is 14.4 Å². The highest BCUT2D eigenvalue weighted by molar-refractivity contribution is 5.97. The quantitative estimate of drug-likeness (QED) is 0.849. The maximum Gasteiger partial charge on any atom is 0.244 e. The predicted molar refractivity (Wildman–Crippen MR) is 94.2 cm³/mol. The maximum absolute atomic E-state index is 13.0.